The molecule has 0 amide bonds. The van der Waals surface area contributed by atoms with E-state index >= 15 is 0 Å². The molecule has 1 fully saturated rings. The zero-order valence-corrected chi connectivity index (χ0v) is 11.4. The van der Waals surface area contributed by atoms with E-state index in [9.17, 15) is 9.90 Å². The predicted octanol–water partition coefficient (Wildman–Crippen LogP) is 2.09. The number of ether oxygens (including phenoxy) is 1. The number of carboxylic acid groups (broad SMARTS) is 1. The Morgan fingerprint density at radius 2 is 2.37 bits per heavy atom. The lowest BCUT2D eigenvalue weighted by Gasteiger charge is -2.26. The summed E-state index contributed by atoms with van der Waals surface area (Å²) < 4.78 is 5.62. The van der Waals surface area contributed by atoms with Gasteiger partial charge in [0.1, 0.15) is 11.4 Å². The Morgan fingerprint density at radius 3 is 2.95 bits per heavy atom. The van der Waals surface area contributed by atoms with E-state index in [0.29, 0.717) is 12.4 Å². The quantitative estimate of drug-likeness (QED) is 0.882. The van der Waals surface area contributed by atoms with Crippen molar-refractivity contribution < 1.29 is 14.6 Å². The molecule has 0 aromatic carbocycles. The van der Waals surface area contributed by atoms with Crippen molar-refractivity contribution in [2.45, 2.75) is 32.8 Å². The first kappa shape index (κ1) is 13.8. The van der Waals surface area contributed by atoms with Crippen LogP contribution in [0.15, 0.2) is 12.1 Å². The van der Waals surface area contributed by atoms with E-state index in [1.165, 1.54) is 0 Å². The van der Waals surface area contributed by atoms with Gasteiger partial charge in [-0.25, -0.2) is 9.78 Å². The summed E-state index contributed by atoms with van der Waals surface area (Å²) in [7, 11) is 0. The number of carboxylic acids is 1. The van der Waals surface area contributed by atoms with Gasteiger partial charge >= 0.3 is 5.97 Å². The Morgan fingerprint density at radius 1 is 1.58 bits per heavy atom. The van der Waals surface area contributed by atoms with Crippen LogP contribution in [0.25, 0.3) is 0 Å². The summed E-state index contributed by atoms with van der Waals surface area (Å²) in [6.45, 7) is 6.10. The average Bonchev–Trinajstić information content (AvgIpc) is 2.88. The molecule has 1 unspecified atom stereocenters. The Labute approximate surface area is 113 Å². The minimum Gasteiger partial charge on any atom is -0.478 e. The molecule has 1 atom stereocenters. The van der Waals surface area contributed by atoms with Crippen molar-refractivity contribution >= 4 is 11.8 Å². The minimum absolute atomic E-state index is 0.184. The monoisotopic (exact) mass is 264 g/mol. The van der Waals surface area contributed by atoms with Crippen molar-refractivity contribution in [2.24, 2.45) is 0 Å². The molecule has 1 N–H and O–H groups in total. The highest BCUT2D eigenvalue weighted by atomic mass is 16.5. The van der Waals surface area contributed by atoms with Gasteiger partial charge in [-0.3, -0.25) is 0 Å². The van der Waals surface area contributed by atoms with Crippen LogP contribution in [0, 0.1) is 6.92 Å². The number of hydrogen-bond acceptors (Lipinski definition) is 4. The van der Waals surface area contributed by atoms with Crippen LogP contribution in [-0.4, -0.2) is 41.9 Å². The smallest absolute Gasteiger partial charge is 0.339 e. The van der Waals surface area contributed by atoms with Crippen LogP contribution in [0.1, 0.15) is 35.8 Å². The van der Waals surface area contributed by atoms with Crippen molar-refractivity contribution in [2.75, 3.05) is 24.6 Å². The molecule has 0 spiro atoms. The number of carbonyl (C=O) groups is 1. The van der Waals surface area contributed by atoms with E-state index < -0.39 is 5.97 Å². The molecule has 0 saturated carbocycles. The highest BCUT2D eigenvalue weighted by molar-refractivity contribution is 5.93. The molecule has 19 heavy (non-hydrogen) atoms. The summed E-state index contributed by atoms with van der Waals surface area (Å²) >= 11 is 0. The van der Waals surface area contributed by atoms with Gasteiger partial charge in [0.15, 0.2) is 0 Å². The Kier molecular flexibility index (Phi) is 4.37. The molecule has 0 bridgehead atoms. The lowest BCUT2D eigenvalue weighted by molar-refractivity contribution is 0.0696. The average molecular weight is 264 g/mol. The van der Waals surface area contributed by atoms with Crippen LogP contribution >= 0.6 is 0 Å². The largest absolute Gasteiger partial charge is 0.478 e. The number of rotatable bonds is 5. The zero-order chi connectivity index (χ0) is 13.8. The van der Waals surface area contributed by atoms with Gasteiger partial charge < -0.3 is 14.7 Å². The standard InChI is InChI=1S/C14H20N2O3/c1-3-16(9-11-5-4-8-19-11)13-12(14(17)18)7-6-10(2)15-13/h6-7,11H,3-5,8-9H2,1-2H3,(H,17,18). The van der Waals surface area contributed by atoms with Crippen LogP contribution in [-0.2, 0) is 4.74 Å². The minimum atomic E-state index is -0.937. The fraction of sp³-hybridized carbons (Fsp3) is 0.571. The number of pyridine rings is 1. The number of aromatic nitrogens is 1. The summed E-state index contributed by atoms with van der Waals surface area (Å²) in [6.07, 6.45) is 2.30. The molecular formula is C14H20N2O3. The van der Waals surface area contributed by atoms with E-state index in [1.54, 1.807) is 12.1 Å². The van der Waals surface area contributed by atoms with E-state index in [1.807, 2.05) is 18.7 Å². The zero-order valence-electron chi connectivity index (χ0n) is 11.4. The van der Waals surface area contributed by atoms with Gasteiger partial charge in [0.05, 0.1) is 6.10 Å². The van der Waals surface area contributed by atoms with Crippen molar-refractivity contribution in [3.63, 3.8) is 0 Å². The number of likely N-dealkylation sites (N-methyl/N-ethyl adjacent to an activating group) is 1. The third-order valence-electron chi connectivity index (χ3n) is 3.37. The number of anilines is 1. The lowest BCUT2D eigenvalue weighted by Crippen LogP contribution is -2.34. The lowest BCUT2D eigenvalue weighted by atomic mass is 10.2. The highest BCUT2D eigenvalue weighted by Crippen LogP contribution is 2.21. The van der Waals surface area contributed by atoms with Gasteiger partial charge in [-0.1, -0.05) is 0 Å². The molecule has 2 heterocycles. The molecule has 5 nitrogen and oxygen atoms in total. The summed E-state index contributed by atoms with van der Waals surface area (Å²) in [6, 6.07) is 3.35. The van der Waals surface area contributed by atoms with Gasteiger partial charge in [0.25, 0.3) is 0 Å². The molecule has 1 aromatic rings. The first-order valence-corrected chi connectivity index (χ1v) is 6.69. The van der Waals surface area contributed by atoms with E-state index in [4.69, 9.17) is 4.74 Å². The summed E-state index contributed by atoms with van der Waals surface area (Å²) in [5.41, 5.74) is 1.08. The van der Waals surface area contributed by atoms with Gasteiger partial charge in [-0.2, -0.15) is 0 Å². The third-order valence-corrected chi connectivity index (χ3v) is 3.37. The van der Waals surface area contributed by atoms with Gasteiger partial charge in [0.2, 0.25) is 0 Å². The number of nitrogens with zero attached hydrogens (tertiary/aromatic N) is 2. The molecule has 1 aliphatic rings. The first-order valence-electron chi connectivity index (χ1n) is 6.69. The number of aromatic carboxylic acids is 1. The molecular weight excluding hydrogens is 244 g/mol. The fourth-order valence-corrected chi connectivity index (χ4v) is 2.35. The normalized spacial score (nSPS) is 18.5. The molecule has 1 saturated heterocycles. The predicted molar refractivity (Wildman–Crippen MR) is 72.8 cm³/mol. The van der Waals surface area contributed by atoms with Crippen molar-refractivity contribution in [3.8, 4) is 0 Å². The van der Waals surface area contributed by atoms with Crippen LogP contribution < -0.4 is 4.90 Å². The van der Waals surface area contributed by atoms with E-state index in [0.717, 1.165) is 31.7 Å². The SMILES string of the molecule is CCN(CC1CCCO1)c1nc(C)ccc1C(=O)O. The molecule has 0 radical (unpaired) electrons. The molecule has 104 valence electrons. The van der Waals surface area contributed by atoms with Gasteiger partial charge in [-0.15, -0.1) is 0 Å². The fourth-order valence-electron chi connectivity index (χ4n) is 2.35. The van der Waals surface area contributed by atoms with Crippen LogP contribution in [0.2, 0.25) is 0 Å². The molecule has 2 rings (SSSR count). The Hall–Kier alpha value is -1.62. The van der Waals surface area contributed by atoms with Gasteiger partial charge in [0, 0.05) is 25.4 Å². The van der Waals surface area contributed by atoms with Gasteiger partial charge in [-0.05, 0) is 38.8 Å². The van der Waals surface area contributed by atoms with Crippen LogP contribution in [0.3, 0.4) is 0 Å². The number of hydrogen-bond donors (Lipinski definition) is 1. The maximum atomic E-state index is 11.3. The highest BCUT2D eigenvalue weighted by Gasteiger charge is 2.22. The third kappa shape index (κ3) is 3.23. The second-order valence-corrected chi connectivity index (χ2v) is 4.80. The second kappa shape index (κ2) is 6.02. The van der Waals surface area contributed by atoms with Crippen molar-refractivity contribution in [3.05, 3.63) is 23.4 Å². The molecule has 1 aromatic heterocycles. The van der Waals surface area contributed by atoms with E-state index in [-0.39, 0.29) is 11.7 Å². The first-order chi connectivity index (χ1) is 9.11. The van der Waals surface area contributed by atoms with E-state index in [2.05, 4.69) is 4.98 Å². The molecule has 1 aliphatic heterocycles. The van der Waals surface area contributed by atoms with Crippen molar-refractivity contribution in [1.29, 1.82) is 0 Å². The second-order valence-electron chi connectivity index (χ2n) is 4.80. The van der Waals surface area contributed by atoms with Crippen LogP contribution in [0.4, 0.5) is 5.82 Å². The number of aryl methyl sites for hydroxylation is 1. The maximum absolute atomic E-state index is 11.3. The van der Waals surface area contributed by atoms with Crippen molar-refractivity contribution in [1.82, 2.24) is 4.98 Å². The summed E-state index contributed by atoms with van der Waals surface area (Å²) in [4.78, 5) is 17.7. The Bertz CT molecular complexity index is 456. The summed E-state index contributed by atoms with van der Waals surface area (Å²) in [5, 5.41) is 9.26. The topological polar surface area (TPSA) is 62.7 Å². The molecule has 5 heteroatoms. The summed E-state index contributed by atoms with van der Waals surface area (Å²) in [5.74, 6) is -0.390. The molecule has 0 aliphatic carbocycles. The maximum Gasteiger partial charge on any atom is 0.339 e. The van der Waals surface area contributed by atoms with Crippen LogP contribution in [0.5, 0.6) is 0 Å². The Balaban J connectivity index is 2.25.